The van der Waals surface area contributed by atoms with Gasteiger partial charge in [0.2, 0.25) is 0 Å². The van der Waals surface area contributed by atoms with Crippen LogP contribution in [0.2, 0.25) is 25.2 Å². The minimum atomic E-state index is -2.14. The number of aryl methyl sites for hydroxylation is 1. The number of hydrogen-bond donors (Lipinski definition) is 0. The van der Waals surface area contributed by atoms with E-state index in [0.29, 0.717) is 6.04 Å². The van der Waals surface area contributed by atoms with Crippen molar-refractivity contribution in [2.24, 2.45) is 0 Å². The molecule has 1 aliphatic carbocycles. The Kier molecular flexibility index (Phi) is 10.1. The largest absolute Gasteiger partial charge is 0.398 e. The van der Waals surface area contributed by atoms with Gasteiger partial charge in [-0.25, -0.2) is 0 Å². The first kappa shape index (κ1) is 32.8. The summed E-state index contributed by atoms with van der Waals surface area (Å²) in [5.74, 6) is 0. The average molecular weight is 634 g/mol. The SMILES string of the molecule is C=C(c1ccc(N(c2ccc(CC[Si](C)(OC)OC)cc2)c2ccc3c(c2)C(CC)(CC)c2ccccc2-3)cc1)[SiH](C)CC=O. The third-order valence-electron chi connectivity index (χ3n) is 10.2. The molecule has 5 rings (SSSR count). The quantitative estimate of drug-likeness (QED) is 0.102. The van der Waals surface area contributed by atoms with E-state index in [9.17, 15) is 4.79 Å². The summed E-state index contributed by atoms with van der Waals surface area (Å²) in [7, 11) is 0.000103. The van der Waals surface area contributed by atoms with Crippen molar-refractivity contribution in [1.82, 2.24) is 0 Å². The maximum Gasteiger partial charge on any atom is 0.334 e. The van der Waals surface area contributed by atoms with Crippen LogP contribution in [0.25, 0.3) is 16.3 Å². The summed E-state index contributed by atoms with van der Waals surface area (Å²) >= 11 is 0. The molecule has 1 aliphatic rings. The van der Waals surface area contributed by atoms with E-state index >= 15 is 0 Å². The van der Waals surface area contributed by atoms with Gasteiger partial charge >= 0.3 is 8.56 Å². The van der Waals surface area contributed by atoms with Gasteiger partial charge in [-0.05, 0) is 108 Å². The molecule has 234 valence electrons. The highest BCUT2D eigenvalue weighted by Gasteiger charge is 2.40. The fourth-order valence-electron chi connectivity index (χ4n) is 6.91. The maximum atomic E-state index is 11.2. The van der Waals surface area contributed by atoms with Crippen molar-refractivity contribution < 1.29 is 13.6 Å². The summed E-state index contributed by atoms with van der Waals surface area (Å²) in [5.41, 5.74) is 11.3. The molecule has 1 atom stereocenters. The molecule has 4 aromatic rings. The Bertz CT molecular complexity index is 1640. The third kappa shape index (κ3) is 6.29. The molecule has 0 amide bonds. The van der Waals surface area contributed by atoms with Gasteiger partial charge in [-0.15, -0.1) is 0 Å². The predicted octanol–water partition coefficient (Wildman–Crippen LogP) is 9.76. The summed E-state index contributed by atoms with van der Waals surface area (Å²) < 4.78 is 11.4. The average Bonchev–Trinajstić information content (AvgIpc) is 3.37. The van der Waals surface area contributed by atoms with E-state index in [2.05, 4.69) is 129 Å². The normalized spacial score (nSPS) is 14.0. The molecule has 6 heteroatoms. The van der Waals surface area contributed by atoms with Crippen LogP contribution in [0, 0.1) is 0 Å². The lowest BCUT2D eigenvalue weighted by atomic mass is 9.74. The van der Waals surface area contributed by atoms with Gasteiger partial charge in [0, 0.05) is 36.7 Å². The number of carbonyl (C=O) groups is 1. The van der Waals surface area contributed by atoms with E-state index in [1.54, 1.807) is 14.2 Å². The van der Waals surface area contributed by atoms with Crippen molar-refractivity contribution in [3.8, 4) is 11.1 Å². The first-order valence-electron chi connectivity index (χ1n) is 16.2. The van der Waals surface area contributed by atoms with Crippen LogP contribution >= 0.6 is 0 Å². The number of rotatable bonds is 14. The van der Waals surface area contributed by atoms with Crippen LogP contribution in [-0.4, -0.2) is 37.9 Å². The first-order valence-corrected chi connectivity index (χ1v) is 21.3. The zero-order valence-electron chi connectivity index (χ0n) is 27.7. The molecule has 45 heavy (non-hydrogen) atoms. The third-order valence-corrected chi connectivity index (χ3v) is 15.5. The molecule has 0 radical (unpaired) electrons. The van der Waals surface area contributed by atoms with Crippen molar-refractivity contribution in [2.45, 2.75) is 63.7 Å². The van der Waals surface area contributed by atoms with E-state index in [4.69, 9.17) is 8.85 Å². The zero-order chi connectivity index (χ0) is 32.2. The lowest BCUT2D eigenvalue weighted by Gasteiger charge is -2.32. The summed E-state index contributed by atoms with van der Waals surface area (Å²) in [6.45, 7) is 13.3. The minimum absolute atomic E-state index is 0.00233. The highest BCUT2D eigenvalue weighted by atomic mass is 28.4. The van der Waals surface area contributed by atoms with Gasteiger partial charge in [0.25, 0.3) is 0 Å². The molecule has 4 aromatic carbocycles. The Morgan fingerprint density at radius 1 is 0.844 bits per heavy atom. The maximum absolute atomic E-state index is 11.2. The number of benzene rings is 4. The fraction of sp³-hybridized carbons (Fsp3) is 0.308. The van der Waals surface area contributed by atoms with E-state index in [1.165, 1.54) is 27.8 Å². The Balaban J connectivity index is 1.57. The Morgan fingerprint density at radius 2 is 1.42 bits per heavy atom. The molecule has 0 aliphatic heterocycles. The number of carbonyl (C=O) groups excluding carboxylic acids is 1. The Labute approximate surface area is 272 Å². The summed E-state index contributed by atoms with van der Waals surface area (Å²) in [4.78, 5) is 13.5. The molecule has 0 aromatic heterocycles. The summed E-state index contributed by atoms with van der Waals surface area (Å²) in [6, 6.07) is 35.1. The van der Waals surface area contributed by atoms with Gasteiger partial charge in [0.15, 0.2) is 0 Å². The standard InChI is InChI=1S/C39H47NO3Si2/c1-8-39(9-2)37-13-11-10-12-35(37)36-23-22-34(28-38(36)39)40(33-20-16-31(17-21-33)29(3)44(6)26-25-41)32-18-14-30(15-19-32)24-27-45(7,42-4)43-5/h10-23,25,28,44H,3,8-9,24,26-27H2,1-2,4-7H3. The summed E-state index contributed by atoms with van der Waals surface area (Å²) in [5, 5.41) is 1.12. The zero-order valence-corrected chi connectivity index (χ0v) is 29.9. The second kappa shape index (κ2) is 13.8. The van der Waals surface area contributed by atoms with Gasteiger partial charge in [-0.3, -0.25) is 0 Å². The van der Waals surface area contributed by atoms with Crippen LogP contribution in [0.3, 0.4) is 0 Å². The van der Waals surface area contributed by atoms with Crippen LogP contribution in [0.15, 0.2) is 97.6 Å². The van der Waals surface area contributed by atoms with Crippen LogP contribution in [0.1, 0.15) is 48.9 Å². The van der Waals surface area contributed by atoms with Crippen molar-refractivity contribution in [1.29, 1.82) is 0 Å². The minimum Gasteiger partial charge on any atom is -0.398 e. The molecule has 0 spiro atoms. The van der Waals surface area contributed by atoms with Gasteiger partial charge in [-0.1, -0.05) is 86.8 Å². The van der Waals surface area contributed by atoms with Crippen molar-refractivity contribution in [3.63, 3.8) is 0 Å². The summed E-state index contributed by atoms with van der Waals surface area (Å²) in [6.07, 6.45) is 4.05. The van der Waals surface area contributed by atoms with E-state index in [1.807, 2.05) is 0 Å². The van der Waals surface area contributed by atoms with E-state index in [0.717, 1.165) is 59.4 Å². The first-order chi connectivity index (χ1) is 21.7. The van der Waals surface area contributed by atoms with Crippen molar-refractivity contribution in [3.05, 3.63) is 120 Å². The second-order valence-electron chi connectivity index (χ2n) is 12.5. The molecule has 0 heterocycles. The van der Waals surface area contributed by atoms with Crippen LogP contribution in [0.4, 0.5) is 17.1 Å². The molecule has 4 nitrogen and oxygen atoms in total. The molecular formula is C39H47NO3Si2. The molecular weight excluding hydrogens is 587 g/mol. The molecule has 1 unspecified atom stereocenters. The number of nitrogens with zero attached hydrogens (tertiary/aromatic N) is 1. The van der Waals surface area contributed by atoms with Gasteiger partial charge in [0.05, 0.1) is 8.80 Å². The molecule has 0 saturated carbocycles. The van der Waals surface area contributed by atoms with Gasteiger partial charge in [-0.2, -0.15) is 0 Å². The van der Waals surface area contributed by atoms with E-state index in [-0.39, 0.29) is 5.41 Å². The van der Waals surface area contributed by atoms with Crippen molar-refractivity contribution in [2.75, 3.05) is 19.1 Å². The van der Waals surface area contributed by atoms with Gasteiger partial charge in [0.1, 0.15) is 6.29 Å². The predicted molar refractivity (Wildman–Crippen MR) is 195 cm³/mol. The van der Waals surface area contributed by atoms with Crippen molar-refractivity contribution >= 4 is 45.9 Å². The van der Waals surface area contributed by atoms with Crippen LogP contribution in [0.5, 0.6) is 0 Å². The molecule has 0 N–H and O–H groups in total. The molecule has 0 saturated heterocycles. The Morgan fingerprint density at radius 3 is 2.02 bits per heavy atom. The lowest BCUT2D eigenvalue weighted by Crippen LogP contribution is -2.36. The molecule has 0 fully saturated rings. The Hall–Kier alpha value is -3.56. The number of fused-ring (bicyclic) bond motifs is 3. The van der Waals surface area contributed by atoms with Crippen LogP contribution in [-0.2, 0) is 25.5 Å². The smallest absolute Gasteiger partial charge is 0.334 e. The highest BCUT2D eigenvalue weighted by Crippen LogP contribution is 2.54. The lowest BCUT2D eigenvalue weighted by molar-refractivity contribution is -0.106. The number of hydrogen-bond acceptors (Lipinski definition) is 4. The highest BCUT2D eigenvalue weighted by molar-refractivity contribution is 6.79. The monoisotopic (exact) mass is 633 g/mol. The number of aldehydes is 1. The topological polar surface area (TPSA) is 38.8 Å². The fourth-order valence-corrected chi connectivity index (χ4v) is 9.56. The number of anilines is 3. The van der Waals surface area contributed by atoms with E-state index < -0.39 is 17.4 Å². The second-order valence-corrected chi connectivity index (χ2v) is 19.0. The van der Waals surface area contributed by atoms with Gasteiger partial charge < -0.3 is 18.5 Å². The van der Waals surface area contributed by atoms with Crippen LogP contribution < -0.4 is 4.90 Å². The molecule has 0 bridgehead atoms.